The Labute approximate surface area is 249 Å². The lowest BCUT2D eigenvalue weighted by atomic mass is 9.36. The predicted molar refractivity (Wildman–Crippen MR) is 155 cm³/mol. The number of halogens is 3. The Bertz CT molecular complexity index is 1230. The van der Waals surface area contributed by atoms with Crippen LogP contribution in [-0.4, -0.2) is 30.2 Å². The Kier molecular flexibility index (Phi) is 7.95. The Morgan fingerprint density at radius 3 is 2.19 bits per heavy atom. The van der Waals surface area contributed by atoms with Gasteiger partial charge in [0, 0.05) is 18.4 Å². The summed E-state index contributed by atoms with van der Waals surface area (Å²) >= 11 is 0. The third-order valence-corrected chi connectivity index (χ3v) is 13.1. The summed E-state index contributed by atoms with van der Waals surface area (Å²) in [5.74, 6) is -1.90. The molecule has 234 valence electrons. The molecule has 0 bridgehead atoms. The van der Waals surface area contributed by atoms with Crippen molar-refractivity contribution in [1.82, 2.24) is 5.32 Å². The van der Waals surface area contributed by atoms with Crippen molar-refractivity contribution in [3.8, 4) is 6.07 Å². The zero-order valence-corrected chi connectivity index (χ0v) is 26.7. The molecule has 1 N–H and O–H groups in total. The molecule has 0 aliphatic heterocycles. The first-order chi connectivity index (χ1) is 19.1. The highest BCUT2D eigenvalue weighted by atomic mass is 19.4. The van der Waals surface area contributed by atoms with E-state index >= 15 is 0 Å². The number of ketones is 2. The summed E-state index contributed by atoms with van der Waals surface area (Å²) < 4.78 is 39.4. The Hall–Kier alpha value is -2.17. The second-order valence-corrected chi connectivity index (χ2v) is 16.4. The molecule has 8 heteroatoms. The number of rotatable bonds is 5. The second kappa shape index (κ2) is 10.2. The molecule has 1 amide bonds. The lowest BCUT2D eigenvalue weighted by Crippen LogP contribution is -2.62. The largest absolute Gasteiger partial charge is 0.471 e. The summed E-state index contributed by atoms with van der Waals surface area (Å²) in [6.45, 7) is 16.7. The first-order valence-electron chi connectivity index (χ1n) is 15.6. The average molecular weight is 591 g/mol. The van der Waals surface area contributed by atoms with Gasteiger partial charge in [-0.3, -0.25) is 9.59 Å². The maximum absolute atomic E-state index is 13.3. The van der Waals surface area contributed by atoms with Gasteiger partial charge in [0.15, 0.2) is 5.78 Å². The van der Waals surface area contributed by atoms with Crippen LogP contribution in [0, 0.1) is 61.6 Å². The average Bonchev–Trinajstić information content (AvgIpc) is 2.86. The molecule has 3 fully saturated rings. The molecule has 4 rings (SSSR count). The van der Waals surface area contributed by atoms with Crippen LogP contribution in [0.1, 0.15) is 113 Å². The molecule has 0 aromatic heterocycles. The summed E-state index contributed by atoms with van der Waals surface area (Å²) in [4.78, 5) is 38.0. The van der Waals surface area contributed by atoms with E-state index in [0.717, 1.165) is 44.9 Å². The molecule has 5 nitrogen and oxygen atoms in total. The lowest BCUT2D eigenvalue weighted by Gasteiger charge is -2.67. The van der Waals surface area contributed by atoms with E-state index in [4.69, 9.17) is 0 Å². The molecule has 0 aromatic carbocycles. The number of allylic oxidation sites excluding steroid dienone is 2. The van der Waals surface area contributed by atoms with Gasteiger partial charge in [0.2, 0.25) is 0 Å². The fourth-order valence-corrected chi connectivity index (χ4v) is 10.4. The minimum atomic E-state index is -4.91. The van der Waals surface area contributed by atoms with Crippen molar-refractivity contribution in [1.29, 1.82) is 5.26 Å². The maximum atomic E-state index is 13.3. The normalized spacial score (nSPS) is 41.0. The quantitative estimate of drug-likeness (QED) is 0.355. The van der Waals surface area contributed by atoms with Gasteiger partial charge in [0.25, 0.3) is 0 Å². The molecule has 1 unspecified atom stereocenters. The van der Waals surface area contributed by atoms with Gasteiger partial charge in [-0.1, -0.05) is 54.5 Å². The number of alkyl halides is 3. The number of hydrogen-bond donors (Lipinski definition) is 1. The molecule has 0 radical (unpaired) electrons. The van der Waals surface area contributed by atoms with E-state index in [-0.39, 0.29) is 57.7 Å². The van der Waals surface area contributed by atoms with Gasteiger partial charge in [-0.05, 0) is 103 Å². The van der Waals surface area contributed by atoms with Crippen LogP contribution in [0.3, 0.4) is 0 Å². The molecule has 7 atom stereocenters. The van der Waals surface area contributed by atoms with Crippen LogP contribution < -0.4 is 5.32 Å². The zero-order valence-electron chi connectivity index (χ0n) is 26.7. The third-order valence-electron chi connectivity index (χ3n) is 13.1. The molecule has 0 heterocycles. The number of carbonyl (C=O) groups excluding carboxylic acids is 3. The van der Waals surface area contributed by atoms with Gasteiger partial charge in [0.1, 0.15) is 11.9 Å². The van der Waals surface area contributed by atoms with Gasteiger partial charge in [-0.15, -0.1) is 0 Å². The van der Waals surface area contributed by atoms with Gasteiger partial charge in [-0.25, -0.2) is 0 Å². The minimum Gasteiger partial charge on any atom is -0.348 e. The summed E-state index contributed by atoms with van der Waals surface area (Å²) in [7, 11) is 0. The van der Waals surface area contributed by atoms with Crippen LogP contribution >= 0.6 is 0 Å². The molecule has 0 spiro atoms. The highest BCUT2D eigenvalue weighted by Gasteiger charge is 2.66. The number of nitriles is 1. The van der Waals surface area contributed by atoms with Crippen LogP contribution in [0.5, 0.6) is 0 Å². The summed E-state index contributed by atoms with van der Waals surface area (Å²) in [5, 5.41) is 12.2. The Morgan fingerprint density at radius 1 is 1.00 bits per heavy atom. The monoisotopic (exact) mass is 590 g/mol. The molecule has 0 aromatic rings. The van der Waals surface area contributed by atoms with Crippen LogP contribution in [0.4, 0.5) is 13.2 Å². The van der Waals surface area contributed by atoms with Crippen molar-refractivity contribution in [2.45, 2.75) is 119 Å². The maximum Gasteiger partial charge on any atom is 0.471 e. The van der Waals surface area contributed by atoms with Gasteiger partial charge in [-0.2, -0.15) is 18.4 Å². The van der Waals surface area contributed by atoms with Crippen molar-refractivity contribution in [2.24, 2.45) is 50.2 Å². The first kappa shape index (κ1) is 32.7. The molecule has 4 aliphatic carbocycles. The predicted octanol–water partition coefficient (Wildman–Crippen LogP) is 7.74. The van der Waals surface area contributed by atoms with Crippen LogP contribution in [-0.2, 0) is 14.4 Å². The summed E-state index contributed by atoms with van der Waals surface area (Å²) in [6, 6.07) is 2.15. The molecular weight excluding hydrogens is 541 g/mol. The van der Waals surface area contributed by atoms with E-state index in [1.54, 1.807) is 6.92 Å². The van der Waals surface area contributed by atoms with E-state index in [1.807, 2.05) is 19.9 Å². The number of Topliss-reactive ketones (excluding diaryl/α,β-unsaturated/α-hetero) is 2. The highest BCUT2D eigenvalue weighted by Crippen LogP contribution is 2.72. The van der Waals surface area contributed by atoms with Crippen molar-refractivity contribution in [3.63, 3.8) is 0 Å². The second-order valence-electron chi connectivity index (χ2n) is 16.4. The SMILES string of the molecule is CC(=O)C[C@@H]1[C@@]2(C)C=C(C#N)C(=O)C(C)(C)[C@@H]2CC[C@@]1(C)[C@]1(C)CC[C@@]2(CNC(=O)C(F)(F)F)CCC(C)(C)CC2C1. The van der Waals surface area contributed by atoms with E-state index in [1.165, 1.54) is 0 Å². The summed E-state index contributed by atoms with van der Waals surface area (Å²) in [6.07, 6.45) is 3.81. The fourth-order valence-electron chi connectivity index (χ4n) is 10.4. The topological polar surface area (TPSA) is 87.0 Å². The minimum absolute atomic E-state index is 0.00972. The fraction of sp³-hybridized carbons (Fsp3) is 0.824. The number of nitrogens with zero attached hydrogens (tertiary/aromatic N) is 1. The van der Waals surface area contributed by atoms with E-state index in [0.29, 0.717) is 12.8 Å². The zero-order chi connectivity index (χ0) is 31.7. The number of nitrogens with one attached hydrogen (secondary N) is 1. The van der Waals surface area contributed by atoms with Gasteiger partial charge in [0.05, 0.1) is 5.57 Å². The molecular formula is C34H49F3N2O3. The van der Waals surface area contributed by atoms with Crippen LogP contribution in [0.25, 0.3) is 0 Å². The van der Waals surface area contributed by atoms with Crippen molar-refractivity contribution < 1.29 is 27.6 Å². The number of carbonyl (C=O) groups is 3. The standard InChI is InChI=1S/C34H49F3N2O3/c1-21(40)15-25-31(7)16-22(19-38)26(41)29(4,5)24(31)9-10-32(25,8)30(6)12-14-33(20-39-27(42)34(35,36)37)13-11-28(2,3)17-23(33)18-30/h16,23-25H,9-15,17-18,20H2,1-8H3,(H,39,42)/t23?,24-,25+,30+,31-,32+,33+/m0/s1. The molecule has 42 heavy (non-hydrogen) atoms. The molecule has 0 saturated heterocycles. The molecule has 3 saturated carbocycles. The van der Waals surface area contributed by atoms with Gasteiger partial charge >= 0.3 is 12.1 Å². The van der Waals surface area contributed by atoms with Gasteiger partial charge < -0.3 is 10.1 Å². The first-order valence-corrected chi connectivity index (χ1v) is 15.6. The van der Waals surface area contributed by atoms with E-state index in [2.05, 4.69) is 46.0 Å². The van der Waals surface area contributed by atoms with Crippen molar-refractivity contribution >= 4 is 17.5 Å². The Morgan fingerprint density at radius 2 is 1.62 bits per heavy atom. The summed E-state index contributed by atoms with van der Waals surface area (Å²) in [5.41, 5.74) is -1.95. The van der Waals surface area contributed by atoms with E-state index < -0.39 is 28.3 Å². The molecule has 4 aliphatic rings. The van der Waals surface area contributed by atoms with Crippen LogP contribution in [0.2, 0.25) is 0 Å². The van der Waals surface area contributed by atoms with Crippen molar-refractivity contribution in [2.75, 3.05) is 6.54 Å². The van der Waals surface area contributed by atoms with E-state index in [9.17, 15) is 32.8 Å². The third kappa shape index (κ3) is 5.15. The number of hydrogen-bond acceptors (Lipinski definition) is 4. The number of amides is 1. The lowest BCUT2D eigenvalue weighted by molar-refractivity contribution is -0.181. The number of fused-ring (bicyclic) bond motifs is 2. The Balaban J connectivity index is 1.75. The van der Waals surface area contributed by atoms with Crippen molar-refractivity contribution in [3.05, 3.63) is 11.6 Å². The highest BCUT2D eigenvalue weighted by molar-refractivity contribution is 6.04. The van der Waals surface area contributed by atoms with Crippen LogP contribution in [0.15, 0.2) is 11.6 Å². The smallest absolute Gasteiger partial charge is 0.348 e.